The van der Waals surface area contributed by atoms with Gasteiger partial charge in [-0.15, -0.1) is 5.10 Å². The SMILES string of the molecule is CCOC(=O)CSc1ncn(-c2nc(C)cc(N3CCOCC3)n2)n1. The van der Waals surface area contributed by atoms with Crippen LogP contribution in [-0.4, -0.2) is 69.4 Å². The van der Waals surface area contributed by atoms with Crippen LogP contribution in [0.5, 0.6) is 0 Å². The van der Waals surface area contributed by atoms with Crippen molar-refractivity contribution in [1.82, 2.24) is 24.7 Å². The van der Waals surface area contributed by atoms with Crippen LogP contribution in [-0.2, 0) is 14.3 Å². The lowest BCUT2D eigenvalue weighted by atomic mass is 10.3. The number of thioether (sulfide) groups is 1. The number of ether oxygens (including phenoxy) is 2. The zero-order valence-corrected chi connectivity index (χ0v) is 15.0. The number of aryl methyl sites for hydroxylation is 1. The van der Waals surface area contributed by atoms with Gasteiger partial charge in [0, 0.05) is 24.8 Å². The van der Waals surface area contributed by atoms with E-state index < -0.39 is 0 Å². The molecule has 0 saturated carbocycles. The maximum Gasteiger partial charge on any atom is 0.316 e. The Labute approximate surface area is 149 Å². The van der Waals surface area contributed by atoms with Crippen molar-refractivity contribution in [2.45, 2.75) is 19.0 Å². The zero-order chi connectivity index (χ0) is 17.6. The summed E-state index contributed by atoms with van der Waals surface area (Å²) in [4.78, 5) is 26.8. The molecular formula is C15H20N6O3S. The van der Waals surface area contributed by atoms with E-state index in [1.54, 1.807) is 13.3 Å². The highest BCUT2D eigenvalue weighted by atomic mass is 32.2. The molecule has 0 aliphatic carbocycles. The maximum atomic E-state index is 11.4. The van der Waals surface area contributed by atoms with Gasteiger partial charge in [-0.05, 0) is 13.8 Å². The molecule has 10 heteroatoms. The Morgan fingerprint density at radius 1 is 1.36 bits per heavy atom. The highest BCUT2D eigenvalue weighted by molar-refractivity contribution is 7.99. The molecule has 3 heterocycles. The van der Waals surface area contributed by atoms with Crippen LogP contribution in [0.4, 0.5) is 5.82 Å². The van der Waals surface area contributed by atoms with Crippen LogP contribution in [0.3, 0.4) is 0 Å². The summed E-state index contributed by atoms with van der Waals surface area (Å²) in [5.74, 6) is 1.19. The lowest BCUT2D eigenvalue weighted by Crippen LogP contribution is -2.37. The summed E-state index contributed by atoms with van der Waals surface area (Å²) < 4.78 is 11.8. The molecule has 25 heavy (non-hydrogen) atoms. The second-order valence-electron chi connectivity index (χ2n) is 5.33. The number of aromatic nitrogens is 5. The van der Waals surface area contributed by atoms with Gasteiger partial charge in [-0.25, -0.2) is 9.97 Å². The minimum atomic E-state index is -0.287. The lowest BCUT2D eigenvalue weighted by molar-refractivity contribution is -0.139. The topological polar surface area (TPSA) is 95.3 Å². The lowest BCUT2D eigenvalue weighted by Gasteiger charge is -2.28. The Bertz CT molecular complexity index is 732. The molecule has 0 spiro atoms. The molecule has 0 aromatic carbocycles. The molecule has 9 nitrogen and oxygen atoms in total. The van der Waals surface area contributed by atoms with Crippen LogP contribution in [0.1, 0.15) is 12.6 Å². The molecule has 3 rings (SSSR count). The molecule has 1 fully saturated rings. The second kappa shape index (κ2) is 8.26. The van der Waals surface area contributed by atoms with Gasteiger partial charge in [-0.1, -0.05) is 11.8 Å². The summed E-state index contributed by atoms with van der Waals surface area (Å²) in [6.45, 7) is 7.04. The van der Waals surface area contributed by atoms with Gasteiger partial charge in [0.25, 0.3) is 5.95 Å². The van der Waals surface area contributed by atoms with E-state index in [1.807, 2.05) is 13.0 Å². The average molecular weight is 364 g/mol. The first-order valence-corrected chi connectivity index (χ1v) is 9.03. The highest BCUT2D eigenvalue weighted by Crippen LogP contribution is 2.17. The molecule has 0 amide bonds. The predicted octanol–water partition coefficient (Wildman–Crippen LogP) is 0.858. The molecule has 1 aliphatic rings. The van der Waals surface area contributed by atoms with Crippen LogP contribution in [0.25, 0.3) is 5.95 Å². The second-order valence-corrected chi connectivity index (χ2v) is 6.27. The summed E-state index contributed by atoms with van der Waals surface area (Å²) in [5, 5.41) is 4.81. The third-order valence-corrected chi connectivity index (χ3v) is 4.29. The number of carbonyl (C=O) groups excluding carboxylic acids is 1. The van der Waals surface area contributed by atoms with Crippen LogP contribution in [0.15, 0.2) is 17.6 Å². The van der Waals surface area contributed by atoms with Crippen LogP contribution >= 0.6 is 11.8 Å². The quantitative estimate of drug-likeness (QED) is 0.546. The van der Waals surface area contributed by atoms with E-state index in [0.29, 0.717) is 30.9 Å². The Morgan fingerprint density at radius 2 is 2.16 bits per heavy atom. The fraction of sp³-hybridized carbons (Fsp3) is 0.533. The van der Waals surface area contributed by atoms with Crippen LogP contribution < -0.4 is 4.90 Å². The van der Waals surface area contributed by atoms with Crippen molar-refractivity contribution in [2.24, 2.45) is 0 Å². The van der Waals surface area contributed by atoms with E-state index in [9.17, 15) is 4.79 Å². The fourth-order valence-corrected chi connectivity index (χ4v) is 2.93. The number of morpholine rings is 1. The average Bonchev–Trinajstić information content (AvgIpc) is 3.10. The van der Waals surface area contributed by atoms with Crippen LogP contribution in [0.2, 0.25) is 0 Å². The molecule has 0 radical (unpaired) electrons. The first-order chi connectivity index (χ1) is 12.2. The van der Waals surface area contributed by atoms with Gasteiger partial charge < -0.3 is 14.4 Å². The predicted molar refractivity (Wildman–Crippen MR) is 92.1 cm³/mol. The first kappa shape index (κ1) is 17.6. The number of hydrogen-bond donors (Lipinski definition) is 0. The molecule has 0 atom stereocenters. The Kier molecular flexibility index (Phi) is 5.82. The number of carbonyl (C=O) groups is 1. The largest absolute Gasteiger partial charge is 0.465 e. The van der Waals surface area contributed by atoms with Crippen molar-refractivity contribution >= 4 is 23.5 Å². The van der Waals surface area contributed by atoms with Gasteiger partial charge in [-0.2, -0.15) is 9.67 Å². The van der Waals surface area contributed by atoms with Crippen molar-refractivity contribution < 1.29 is 14.3 Å². The summed E-state index contributed by atoms with van der Waals surface area (Å²) in [6, 6.07) is 1.95. The van der Waals surface area contributed by atoms with Crippen molar-refractivity contribution in [3.05, 3.63) is 18.1 Å². The number of anilines is 1. The van der Waals surface area contributed by atoms with E-state index in [4.69, 9.17) is 9.47 Å². The monoisotopic (exact) mass is 364 g/mol. The number of nitrogens with zero attached hydrogens (tertiary/aromatic N) is 6. The minimum absolute atomic E-state index is 0.172. The van der Waals surface area contributed by atoms with Crippen molar-refractivity contribution in [3.8, 4) is 5.95 Å². The minimum Gasteiger partial charge on any atom is -0.465 e. The molecule has 1 saturated heterocycles. The summed E-state index contributed by atoms with van der Waals surface area (Å²) in [5.41, 5.74) is 0.850. The Balaban J connectivity index is 1.73. The van der Waals surface area contributed by atoms with E-state index in [0.717, 1.165) is 24.6 Å². The molecule has 0 unspecified atom stereocenters. The van der Waals surface area contributed by atoms with Crippen molar-refractivity contribution in [2.75, 3.05) is 43.6 Å². The third-order valence-electron chi connectivity index (χ3n) is 3.46. The van der Waals surface area contributed by atoms with Gasteiger partial charge in [0.15, 0.2) is 0 Å². The zero-order valence-electron chi connectivity index (χ0n) is 14.2. The molecule has 1 aliphatic heterocycles. The fourth-order valence-electron chi connectivity index (χ4n) is 2.33. The van der Waals surface area contributed by atoms with Crippen molar-refractivity contribution in [1.29, 1.82) is 0 Å². The normalized spacial score (nSPS) is 14.6. The van der Waals surface area contributed by atoms with E-state index in [1.165, 1.54) is 16.4 Å². The standard InChI is InChI=1S/C15H20N6O3S/c1-3-24-13(22)9-25-15-16-10-21(19-15)14-17-11(2)8-12(18-14)20-4-6-23-7-5-20/h8,10H,3-7,9H2,1-2H3. The molecule has 2 aromatic rings. The highest BCUT2D eigenvalue weighted by Gasteiger charge is 2.16. The summed E-state index contributed by atoms with van der Waals surface area (Å²) >= 11 is 1.22. The van der Waals surface area contributed by atoms with E-state index in [2.05, 4.69) is 25.0 Å². The number of hydrogen-bond acceptors (Lipinski definition) is 9. The molecule has 0 bridgehead atoms. The summed E-state index contributed by atoms with van der Waals surface area (Å²) in [6.07, 6.45) is 1.55. The summed E-state index contributed by atoms with van der Waals surface area (Å²) in [7, 11) is 0. The molecule has 134 valence electrons. The van der Waals surface area contributed by atoms with Gasteiger partial charge in [0.05, 0.1) is 25.6 Å². The van der Waals surface area contributed by atoms with Crippen LogP contribution in [0, 0.1) is 6.92 Å². The molecule has 2 aromatic heterocycles. The number of esters is 1. The Hall–Kier alpha value is -2.20. The molecule has 0 N–H and O–H groups in total. The van der Waals surface area contributed by atoms with Gasteiger partial charge in [-0.3, -0.25) is 4.79 Å². The third kappa shape index (κ3) is 4.67. The van der Waals surface area contributed by atoms with Gasteiger partial charge in [0.1, 0.15) is 12.1 Å². The first-order valence-electron chi connectivity index (χ1n) is 8.04. The van der Waals surface area contributed by atoms with E-state index >= 15 is 0 Å². The smallest absolute Gasteiger partial charge is 0.316 e. The van der Waals surface area contributed by atoms with Gasteiger partial charge >= 0.3 is 5.97 Å². The van der Waals surface area contributed by atoms with Crippen molar-refractivity contribution in [3.63, 3.8) is 0 Å². The van der Waals surface area contributed by atoms with E-state index in [-0.39, 0.29) is 11.7 Å². The molecular weight excluding hydrogens is 344 g/mol. The number of rotatable bonds is 6. The Morgan fingerprint density at radius 3 is 2.92 bits per heavy atom. The van der Waals surface area contributed by atoms with Gasteiger partial charge in [0.2, 0.25) is 5.16 Å². The maximum absolute atomic E-state index is 11.4.